The molecule has 190 valence electrons. The van der Waals surface area contributed by atoms with Crippen LogP contribution in [0.3, 0.4) is 0 Å². The quantitative estimate of drug-likeness (QED) is 0.0817. The maximum atomic E-state index is 3.99. The molecule has 0 spiro atoms. The molecule has 0 aromatic heterocycles. The second-order valence-corrected chi connectivity index (χ2v) is 29.7. The van der Waals surface area contributed by atoms with E-state index < -0.39 is 24.2 Å². The maximum absolute atomic E-state index is 3.99. The standard InChI is InChI=1S/C24H50Si3.C3H9BrSi/c1-10-18-25(4,5)21-13-15-24(17-23-27(8,9)20-12-3)16-14-22-26(6,7)19-11-2;4-2-1-3-5/h10-12,24H,1-3,13-23H2,4-9H3;1-3H2,5H3. The summed E-state index contributed by atoms with van der Waals surface area (Å²) in [5, 5.41) is 1.19. The third kappa shape index (κ3) is 22.4. The number of alkyl halides is 1. The smallest absolute Gasteiger partial charge is 0.0511 e. The highest BCUT2D eigenvalue weighted by Crippen LogP contribution is 2.30. The van der Waals surface area contributed by atoms with Crippen LogP contribution >= 0.6 is 15.9 Å². The van der Waals surface area contributed by atoms with E-state index >= 15 is 0 Å². The minimum atomic E-state index is -1.07. The molecule has 0 aliphatic heterocycles. The van der Waals surface area contributed by atoms with Gasteiger partial charge in [-0.3, -0.25) is 0 Å². The Labute approximate surface area is 218 Å². The van der Waals surface area contributed by atoms with Gasteiger partial charge in [-0.2, -0.15) is 0 Å². The zero-order valence-electron chi connectivity index (χ0n) is 23.2. The van der Waals surface area contributed by atoms with Gasteiger partial charge in [0.25, 0.3) is 0 Å². The minimum absolute atomic E-state index is 0.948. The Morgan fingerprint density at radius 3 is 1.31 bits per heavy atom. The molecule has 0 N–H and O–H groups in total. The molecular formula is C27H59BrSi4. The van der Waals surface area contributed by atoms with E-state index in [-0.39, 0.29) is 0 Å². The van der Waals surface area contributed by atoms with Crippen LogP contribution < -0.4 is 0 Å². The van der Waals surface area contributed by atoms with Gasteiger partial charge in [-0.15, -0.1) is 19.7 Å². The summed E-state index contributed by atoms with van der Waals surface area (Å²) in [5.74, 6) is 0.948. The molecule has 0 heterocycles. The predicted octanol–water partition coefficient (Wildman–Crippen LogP) is 9.79. The van der Waals surface area contributed by atoms with Gasteiger partial charge in [0.2, 0.25) is 0 Å². The van der Waals surface area contributed by atoms with Crippen LogP contribution in [-0.2, 0) is 0 Å². The van der Waals surface area contributed by atoms with Crippen molar-refractivity contribution < 1.29 is 0 Å². The summed E-state index contributed by atoms with van der Waals surface area (Å²) in [4.78, 5) is 0. The Hall–Kier alpha value is 0.568. The lowest BCUT2D eigenvalue weighted by Gasteiger charge is -2.27. The molecular weight excluding hydrogens is 517 g/mol. The van der Waals surface area contributed by atoms with Crippen molar-refractivity contribution in [3.63, 3.8) is 0 Å². The third-order valence-electron chi connectivity index (χ3n) is 6.74. The largest absolute Gasteiger partial charge is 0.103 e. The SMILES string of the molecule is C=CC[Si](C)(C)CCCC(CCC[Si](C)(C)CC=C)CC[Si](C)(C)CC=C.[SiH3]CCCBr. The first-order valence-electron chi connectivity index (χ1n) is 13.3. The molecule has 0 atom stereocenters. The number of allylic oxidation sites excluding steroid dienone is 3. The summed E-state index contributed by atoms with van der Waals surface area (Å²) in [6.07, 6.45) is 15.1. The van der Waals surface area contributed by atoms with Crippen LogP contribution in [0.1, 0.15) is 38.5 Å². The van der Waals surface area contributed by atoms with Gasteiger partial charge in [-0.05, 0) is 30.5 Å². The molecule has 0 unspecified atom stereocenters. The van der Waals surface area contributed by atoms with Crippen LogP contribution in [-0.4, -0.2) is 39.8 Å². The topological polar surface area (TPSA) is 0 Å². The van der Waals surface area contributed by atoms with E-state index in [2.05, 4.69) is 93.2 Å². The minimum Gasteiger partial charge on any atom is -0.103 e. The second kappa shape index (κ2) is 19.8. The van der Waals surface area contributed by atoms with Crippen LogP contribution in [0.5, 0.6) is 0 Å². The van der Waals surface area contributed by atoms with E-state index in [4.69, 9.17) is 0 Å². The van der Waals surface area contributed by atoms with Gasteiger partial charge in [0.15, 0.2) is 0 Å². The van der Waals surface area contributed by atoms with Gasteiger partial charge in [-0.1, -0.05) is 130 Å². The lowest BCUT2D eigenvalue weighted by Crippen LogP contribution is -2.26. The molecule has 0 aliphatic rings. The molecule has 0 fully saturated rings. The van der Waals surface area contributed by atoms with Crippen molar-refractivity contribution in [2.75, 3.05) is 5.33 Å². The van der Waals surface area contributed by atoms with Crippen LogP contribution in [0.15, 0.2) is 38.0 Å². The van der Waals surface area contributed by atoms with Crippen LogP contribution in [0, 0.1) is 5.92 Å². The fourth-order valence-corrected chi connectivity index (χ4v) is 12.8. The molecule has 5 heteroatoms. The van der Waals surface area contributed by atoms with Gasteiger partial charge in [-0.25, -0.2) is 0 Å². The zero-order valence-corrected chi connectivity index (χ0v) is 29.8. The number of rotatable bonds is 19. The highest BCUT2D eigenvalue weighted by Gasteiger charge is 2.24. The van der Waals surface area contributed by atoms with Crippen molar-refractivity contribution in [2.45, 2.75) is 120 Å². The van der Waals surface area contributed by atoms with Gasteiger partial charge >= 0.3 is 0 Å². The molecule has 0 saturated carbocycles. The van der Waals surface area contributed by atoms with Crippen molar-refractivity contribution in [1.82, 2.24) is 0 Å². The van der Waals surface area contributed by atoms with E-state index in [1.54, 1.807) is 0 Å². The lowest BCUT2D eigenvalue weighted by molar-refractivity contribution is 0.423. The first-order valence-corrected chi connectivity index (χ1v) is 26.0. The van der Waals surface area contributed by atoms with E-state index in [1.807, 2.05) is 0 Å². The Balaban J connectivity index is 0. The van der Waals surface area contributed by atoms with Crippen LogP contribution in [0.25, 0.3) is 0 Å². The predicted molar refractivity (Wildman–Crippen MR) is 172 cm³/mol. The average Bonchev–Trinajstić information content (AvgIpc) is 2.66. The molecule has 0 bridgehead atoms. The number of hydrogen-bond donors (Lipinski definition) is 0. The Morgan fingerprint density at radius 1 is 0.656 bits per heavy atom. The molecule has 0 aromatic rings. The van der Waals surface area contributed by atoms with E-state index in [0.29, 0.717) is 0 Å². The zero-order chi connectivity index (χ0) is 25.1. The number of halogens is 1. The monoisotopic (exact) mass is 574 g/mol. The Bertz CT molecular complexity index is 456. The molecule has 0 radical (unpaired) electrons. The van der Waals surface area contributed by atoms with Gasteiger partial charge in [0.1, 0.15) is 0 Å². The van der Waals surface area contributed by atoms with E-state index in [9.17, 15) is 0 Å². The molecule has 0 amide bonds. The second-order valence-electron chi connectivity index (χ2n) is 12.2. The summed E-state index contributed by atoms with van der Waals surface area (Å²) < 4.78 is 0. The fourth-order valence-electron chi connectivity index (χ4n) is 4.38. The summed E-state index contributed by atoms with van der Waals surface area (Å²) in [7, 11) is -1.78. The summed E-state index contributed by atoms with van der Waals surface area (Å²) in [6.45, 7) is 27.2. The first kappa shape index (κ1) is 34.7. The maximum Gasteiger partial charge on any atom is 0.0511 e. The van der Waals surface area contributed by atoms with Crippen molar-refractivity contribution in [2.24, 2.45) is 5.92 Å². The normalized spacial score (nSPS) is 12.4. The van der Waals surface area contributed by atoms with Crippen LogP contribution in [0.4, 0.5) is 0 Å². The Morgan fingerprint density at radius 2 is 1.03 bits per heavy atom. The Kier molecular flexibility index (Phi) is 21.5. The molecule has 0 aliphatic carbocycles. The average molecular weight is 576 g/mol. The molecule has 0 saturated heterocycles. The third-order valence-corrected chi connectivity index (χ3v) is 17.2. The van der Waals surface area contributed by atoms with E-state index in [0.717, 1.165) is 5.92 Å². The lowest BCUT2D eigenvalue weighted by atomic mass is 9.96. The van der Waals surface area contributed by atoms with E-state index in [1.165, 1.54) is 96.4 Å². The van der Waals surface area contributed by atoms with Gasteiger partial charge in [0.05, 0.1) is 24.2 Å². The molecule has 0 rings (SSSR count). The van der Waals surface area contributed by atoms with Crippen molar-refractivity contribution in [3.8, 4) is 0 Å². The van der Waals surface area contributed by atoms with Crippen molar-refractivity contribution >= 4 is 50.4 Å². The van der Waals surface area contributed by atoms with Crippen LogP contribution in [0.2, 0.25) is 81.6 Å². The van der Waals surface area contributed by atoms with Gasteiger partial charge in [0, 0.05) is 15.6 Å². The molecule has 0 aromatic carbocycles. The van der Waals surface area contributed by atoms with Crippen molar-refractivity contribution in [1.29, 1.82) is 0 Å². The molecule has 0 nitrogen and oxygen atoms in total. The summed E-state index contributed by atoms with van der Waals surface area (Å²) in [5.41, 5.74) is 0. The fraction of sp³-hybridized carbons (Fsp3) is 0.778. The summed E-state index contributed by atoms with van der Waals surface area (Å²) >= 11 is 3.33. The number of hydrogen-bond acceptors (Lipinski definition) is 0. The van der Waals surface area contributed by atoms with Crippen molar-refractivity contribution in [3.05, 3.63) is 38.0 Å². The highest BCUT2D eigenvalue weighted by atomic mass is 79.9. The highest BCUT2D eigenvalue weighted by molar-refractivity contribution is 9.09. The summed E-state index contributed by atoms with van der Waals surface area (Å²) in [6, 6.07) is 9.68. The van der Waals surface area contributed by atoms with Gasteiger partial charge < -0.3 is 0 Å². The first-order chi connectivity index (χ1) is 14.9. The molecule has 32 heavy (non-hydrogen) atoms.